The van der Waals surface area contributed by atoms with Crippen LogP contribution in [0.5, 0.6) is 0 Å². The smallest absolute Gasteiger partial charge is 0.256 e. The van der Waals surface area contributed by atoms with Gasteiger partial charge in [-0.3, -0.25) is 9.59 Å². The molecule has 0 spiro atoms. The highest BCUT2D eigenvalue weighted by Crippen LogP contribution is 2.34. The Bertz CT molecular complexity index is 1010. The van der Waals surface area contributed by atoms with E-state index in [2.05, 4.69) is 46.7 Å². The molecule has 1 unspecified atom stereocenters. The van der Waals surface area contributed by atoms with E-state index in [-0.39, 0.29) is 23.8 Å². The first-order valence-corrected chi connectivity index (χ1v) is 11.9. The molecule has 2 aromatic rings. The minimum absolute atomic E-state index is 0.0109. The summed E-state index contributed by atoms with van der Waals surface area (Å²) in [4.78, 5) is 30.5. The summed E-state index contributed by atoms with van der Waals surface area (Å²) in [6, 6.07) is 14.3. The minimum Gasteiger partial charge on any atom is -0.371 e. The summed E-state index contributed by atoms with van der Waals surface area (Å²) in [5.41, 5.74) is 4.84. The van der Waals surface area contributed by atoms with Crippen LogP contribution in [0.4, 0.5) is 11.4 Å². The van der Waals surface area contributed by atoms with E-state index in [0.717, 1.165) is 68.8 Å². The van der Waals surface area contributed by atoms with Gasteiger partial charge in [-0.05, 0) is 56.4 Å². The van der Waals surface area contributed by atoms with E-state index in [0.29, 0.717) is 6.54 Å². The van der Waals surface area contributed by atoms with Gasteiger partial charge in [0, 0.05) is 44.3 Å². The number of piperazine rings is 1. The van der Waals surface area contributed by atoms with Crippen LogP contribution >= 0.6 is 0 Å². The lowest BCUT2D eigenvalue weighted by molar-refractivity contribution is -0.117. The van der Waals surface area contributed by atoms with Crippen molar-refractivity contribution in [2.45, 2.75) is 38.6 Å². The first kappa shape index (κ1) is 21.0. The number of rotatable bonds is 5. The van der Waals surface area contributed by atoms with E-state index in [9.17, 15) is 9.59 Å². The third-order valence-electron chi connectivity index (χ3n) is 6.82. The molecule has 0 bridgehead atoms. The molecule has 1 aliphatic carbocycles. The summed E-state index contributed by atoms with van der Waals surface area (Å²) in [5.74, 6) is 0.320. The van der Waals surface area contributed by atoms with Crippen LogP contribution in [0.1, 0.15) is 53.2 Å². The molecular weight excluding hydrogens is 400 g/mol. The number of anilines is 2. The lowest BCUT2D eigenvalue weighted by Crippen LogP contribution is -2.49. The zero-order chi connectivity index (χ0) is 22.1. The molecule has 3 fully saturated rings. The van der Waals surface area contributed by atoms with Crippen molar-refractivity contribution in [1.82, 2.24) is 10.2 Å². The number of amides is 2. The molecule has 6 nitrogen and oxygen atoms in total. The van der Waals surface area contributed by atoms with Crippen molar-refractivity contribution >= 4 is 23.2 Å². The predicted octanol–water partition coefficient (Wildman–Crippen LogP) is 3.73. The van der Waals surface area contributed by atoms with Crippen LogP contribution in [0.15, 0.2) is 42.5 Å². The Hall–Kier alpha value is -2.86. The van der Waals surface area contributed by atoms with Crippen LogP contribution in [-0.2, 0) is 4.79 Å². The van der Waals surface area contributed by atoms with Gasteiger partial charge >= 0.3 is 0 Å². The third kappa shape index (κ3) is 4.37. The van der Waals surface area contributed by atoms with Crippen LogP contribution in [-0.4, -0.2) is 49.4 Å². The van der Waals surface area contributed by atoms with Crippen molar-refractivity contribution in [1.29, 1.82) is 0 Å². The molecule has 1 saturated carbocycles. The Morgan fingerprint density at radius 3 is 2.59 bits per heavy atom. The number of nitrogens with zero attached hydrogens (tertiary/aromatic N) is 2. The maximum absolute atomic E-state index is 13.9. The molecule has 1 atom stereocenters. The van der Waals surface area contributed by atoms with Crippen molar-refractivity contribution in [3.8, 4) is 0 Å². The highest BCUT2D eigenvalue weighted by atomic mass is 16.2. The van der Waals surface area contributed by atoms with Crippen LogP contribution in [0.2, 0.25) is 0 Å². The maximum Gasteiger partial charge on any atom is 0.256 e. The molecule has 5 rings (SSSR count). The Balaban J connectivity index is 1.46. The third-order valence-corrected chi connectivity index (χ3v) is 6.82. The summed E-state index contributed by atoms with van der Waals surface area (Å²) in [6.45, 7) is 6.21. The maximum atomic E-state index is 13.9. The molecule has 6 heteroatoms. The van der Waals surface area contributed by atoms with Gasteiger partial charge < -0.3 is 20.4 Å². The molecule has 3 aliphatic rings. The average molecular weight is 433 g/mol. The Labute approximate surface area is 190 Å². The predicted molar refractivity (Wildman–Crippen MR) is 127 cm³/mol. The van der Waals surface area contributed by atoms with E-state index in [1.54, 1.807) is 0 Å². The number of aryl methyl sites for hydroxylation is 1. The van der Waals surface area contributed by atoms with Crippen LogP contribution < -0.4 is 15.5 Å². The Morgan fingerprint density at radius 2 is 1.84 bits per heavy atom. The lowest BCUT2D eigenvalue weighted by Gasteiger charge is -2.37. The van der Waals surface area contributed by atoms with Gasteiger partial charge in [0.15, 0.2) is 0 Å². The van der Waals surface area contributed by atoms with Gasteiger partial charge in [0.2, 0.25) is 5.91 Å². The molecule has 2 saturated heterocycles. The van der Waals surface area contributed by atoms with Crippen molar-refractivity contribution in [2.24, 2.45) is 5.92 Å². The summed E-state index contributed by atoms with van der Waals surface area (Å²) >= 11 is 0. The van der Waals surface area contributed by atoms with Gasteiger partial charge in [0.05, 0.1) is 17.3 Å². The standard InChI is InChI=1S/C26H32N4O2/c1-18-5-4-6-20(15-18)24-17-27-11-14-30(24)26(32)22-10-9-21(28-25(31)19-7-8-19)16-23(22)29-12-2-3-13-29/h4-6,9-10,15-16,19,24,27H,2-3,7-8,11-14,17H2,1H3,(H,28,31). The topological polar surface area (TPSA) is 64.7 Å². The van der Waals surface area contributed by atoms with E-state index in [1.807, 2.05) is 23.1 Å². The normalized spacial score (nSPS) is 21.0. The number of nitrogens with one attached hydrogen (secondary N) is 2. The SMILES string of the molecule is Cc1cccc(C2CNCCN2C(=O)c2ccc(NC(=O)C3CC3)cc2N2CCCC2)c1. The summed E-state index contributed by atoms with van der Waals surface area (Å²) in [6.07, 6.45) is 4.22. The molecule has 0 aromatic heterocycles. The highest BCUT2D eigenvalue weighted by Gasteiger charge is 2.32. The molecule has 168 valence electrons. The first-order valence-electron chi connectivity index (χ1n) is 11.9. The zero-order valence-corrected chi connectivity index (χ0v) is 18.8. The fourth-order valence-corrected chi connectivity index (χ4v) is 4.88. The fraction of sp³-hybridized carbons (Fsp3) is 0.462. The van der Waals surface area contributed by atoms with Crippen molar-refractivity contribution in [2.75, 3.05) is 42.9 Å². The second-order valence-electron chi connectivity index (χ2n) is 9.32. The number of benzene rings is 2. The van der Waals surface area contributed by atoms with Crippen LogP contribution in [0.25, 0.3) is 0 Å². The van der Waals surface area contributed by atoms with Crippen molar-refractivity contribution in [3.05, 3.63) is 59.2 Å². The minimum atomic E-state index is 0.0109. The molecule has 2 aromatic carbocycles. The quantitative estimate of drug-likeness (QED) is 0.756. The number of carbonyl (C=O) groups is 2. The van der Waals surface area contributed by atoms with E-state index >= 15 is 0 Å². The fourth-order valence-electron chi connectivity index (χ4n) is 4.88. The van der Waals surface area contributed by atoms with Gasteiger partial charge in [0.1, 0.15) is 0 Å². The molecule has 2 amide bonds. The Kier molecular flexibility index (Phi) is 5.87. The van der Waals surface area contributed by atoms with Crippen LogP contribution in [0.3, 0.4) is 0 Å². The molecule has 2 N–H and O–H groups in total. The number of hydrogen-bond donors (Lipinski definition) is 2. The number of hydrogen-bond acceptors (Lipinski definition) is 4. The van der Waals surface area contributed by atoms with Gasteiger partial charge in [-0.1, -0.05) is 29.8 Å². The van der Waals surface area contributed by atoms with Gasteiger partial charge in [-0.15, -0.1) is 0 Å². The molecule has 0 radical (unpaired) electrons. The monoisotopic (exact) mass is 432 g/mol. The Morgan fingerprint density at radius 1 is 1.03 bits per heavy atom. The molecular formula is C26H32N4O2. The first-order chi connectivity index (χ1) is 15.6. The summed E-state index contributed by atoms with van der Waals surface area (Å²) in [7, 11) is 0. The lowest BCUT2D eigenvalue weighted by atomic mass is 9.99. The van der Waals surface area contributed by atoms with Crippen molar-refractivity contribution < 1.29 is 9.59 Å². The summed E-state index contributed by atoms with van der Waals surface area (Å²) < 4.78 is 0. The van der Waals surface area contributed by atoms with Gasteiger partial charge in [0.25, 0.3) is 5.91 Å². The van der Waals surface area contributed by atoms with Gasteiger partial charge in [-0.2, -0.15) is 0 Å². The van der Waals surface area contributed by atoms with E-state index < -0.39 is 0 Å². The molecule has 2 aliphatic heterocycles. The van der Waals surface area contributed by atoms with Crippen LogP contribution in [0, 0.1) is 12.8 Å². The highest BCUT2D eigenvalue weighted by molar-refractivity contribution is 6.02. The van der Waals surface area contributed by atoms with Gasteiger partial charge in [-0.25, -0.2) is 0 Å². The van der Waals surface area contributed by atoms with Crippen molar-refractivity contribution in [3.63, 3.8) is 0 Å². The summed E-state index contributed by atoms with van der Waals surface area (Å²) in [5, 5.41) is 6.51. The van der Waals surface area contributed by atoms with E-state index in [4.69, 9.17) is 0 Å². The zero-order valence-electron chi connectivity index (χ0n) is 18.8. The molecule has 2 heterocycles. The van der Waals surface area contributed by atoms with E-state index in [1.165, 1.54) is 11.1 Å². The second kappa shape index (κ2) is 8.94. The number of carbonyl (C=O) groups excluding carboxylic acids is 2. The second-order valence-corrected chi connectivity index (χ2v) is 9.32. The molecule has 32 heavy (non-hydrogen) atoms. The largest absolute Gasteiger partial charge is 0.371 e. The average Bonchev–Trinajstić information content (AvgIpc) is 3.53.